The second-order valence-corrected chi connectivity index (χ2v) is 7.87. The van der Waals surface area contributed by atoms with E-state index in [1.165, 1.54) is 31.0 Å². The number of carbonyl (C=O) groups is 2. The van der Waals surface area contributed by atoms with Crippen LogP contribution in [0.25, 0.3) is 0 Å². The number of rotatable bonds is 8. The van der Waals surface area contributed by atoms with Gasteiger partial charge in [-0.25, -0.2) is 4.39 Å². The van der Waals surface area contributed by atoms with Gasteiger partial charge in [0.1, 0.15) is 11.9 Å². The summed E-state index contributed by atoms with van der Waals surface area (Å²) in [6.07, 6.45) is 4.64. The molecule has 0 radical (unpaired) electrons. The monoisotopic (exact) mass is 411 g/mol. The van der Waals surface area contributed by atoms with Gasteiger partial charge in [-0.2, -0.15) is 0 Å². The molecule has 30 heavy (non-hydrogen) atoms. The number of nitrogens with one attached hydrogen (secondary N) is 2. The first-order valence-corrected chi connectivity index (χ1v) is 10.7. The number of benzene rings is 2. The normalized spacial score (nSPS) is 14.4. The van der Waals surface area contributed by atoms with Crippen LogP contribution in [0.2, 0.25) is 0 Å². The first-order chi connectivity index (χ1) is 14.5. The molecule has 6 heteroatoms. The molecule has 1 aliphatic heterocycles. The van der Waals surface area contributed by atoms with Crippen molar-refractivity contribution in [3.63, 3.8) is 0 Å². The van der Waals surface area contributed by atoms with E-state index in [-0.39, 0.29) is 17.6 Å². The highest BCUT2D eigenvalue weighted by atomic mass is 19.1. The highest BCUT2D eigenvalue weighted by Gasteiger charge is 2.22. The molecule has 1 aliphatic rings. The van der Waals surface area contributed by atoms with Crippen LogP contribution in [-0.4, -0.2) is 30.9 Å². The number of aryl methyl sites for hydroxylation is 1. The van der Waals surface area contributed by atoms with Crippen LogP contribution in [0, 0.1) is 12.7 Å². The number of hydrogen-bond donors (Lipinski definition) is 2. The SMILES string of the molecule is CCCCC(NC(=O)c1ccc(F)c(C)c1)C(=O)Nc1cccc(N2CCCC2)c1. The lowest BCUT2D eigenvalue weighted by atomic mass is 10.1. The lowest BCUT2D eigenvalue weighted by Crippen LogP contribution is -2.43. The Morgan fingerprint density at radius 2 is 1.90 bits per heavy atom. The predicted octanol–water partition coefficient (Wildman–Crippen LogP) is 4.66. The molecule has 0 bridgehead atoms. The Bertz CT molecular complexity index is 894. The maximum atomic E-state index is 13.5. The Labute approximate surface area is 177 Å². The molecule has 0 spiro atoms. The van der Waals surface area contributed by atoms with Crippen LogP contribution in [-0.2, 0) is 4.79 Å². The van der Waals surface area contributed by atoms with Gasteiger partial charge in [0, 0.05) is 30.0 Å². The smallest absolute Gasteiger partial charge is 0.251 e. The fourth-order valence-corrected chi connectivity index (χ4v) is 3.69. The number of carbonyl (C=O) groups excluding carboxylic acids is 2. The van der Waals surface area contributed by atoms with Gasteiger partial charge in [-0.3, -0.25) is 9.59 Å². The van der Waals surface area contributed by atoms with Crippen LogP contribution >= 0.6 is 0 Å². The Hall–Kier alpha value is -2.89. The van der Waals surface area contributed by atoms with Crippen molar-refractivity contribution in [1.82, 2.24) is 5.32 Å². The first-order valence-electron chi connectivity index (χ1n) is 10.7. The van der Waals surface area contributed by atoms with Crippen molar-refractivity contribution in [3.8, 4) is 0 Å². The van der Waals surface area contributed by atoms with Crippen LogP contribution in [0.4, 0.5) is 15.8 Å². The quantitative estimate of drug-likeness (QED) is 0.664. The Morgan fingerprint density at radius 1 is 1.13 bits per heavy atom. The first kappa shape index (κ1) is 21.8. The summed E-state index contributed by atoms with van der Waals surface area (Å²) in [4.78, 5) is 27.9. The fourth-order valence-electron chi connectivity index (χ4n) is 3.69. The average Bonchev–Trinajstić information content (AvgIpc) is 3.28. The van der Waals surface area contributed by atoms with Gasteiger partial charge < -0.3 is 15.5 Å². The highest BCUT2D eigenvalue weighted by molar-refractivity contribution is 6.01. The van der Waals surface area contributed by atoms with E-state index in [0.717, 1.165) is 37.3 Å². The molecule has 2 amide bonds. The zero-order chi connectivity index (χ0) is 21.5. The van der Waals surface area contributed by atoms with Gasteiger partial charge in [0.25, 0.3) is 5.91 Å². The van der Waals surface area contributed by atoms with Gasteiger partial charge in [-0.15, -0.1) is 0 Å². The van der Waals surface area contributed by atoms with Crippen LogP contribution < -0.4 is 15.5 Å². The molecular weight excluding hydrogens is 381 g/mol. The number of hydrogen-bond acceptors (Lipinski definition) is 3. The zero-order valence-electron chi connectivity index (χ0n) is 17.7. The summed E-state index contributed by atoms with van der Waals surface area (Å²) in [7, 11) is 0. The standard InChI is InChI=1S/C24H30FN3O2/c1-3-4-10-22(27-23(29)18-11-12-21(25)17(2)15-18)24(30)26-19-8-7-9-20(16-19)28-13-5-6-14-28/h7-9,11-12,15-16,22H,3-6,10,13-14H2,1-2H3,(H,26,30)(H,27,29). The average molecular weight is 412 g/mol. The topological polar surface area (TPSA) is 61.4 Å². The second kappa shape index (κ2) is 10.2. The maximum absolute atomic E-state index is 13.5. The van der Waals surface area contributed by atoms with Crippen molar-refractivity contribution >= 4 is 23.2 Å². The summed E-state index contributed by atoms with van der Waals surface area (Å²) in [6, 6.07) is 11.4. The van der Waals surface area contributed by atoms with Crippen molar-refractivity contribution < 1.29 is 14.0 Å². The molecule has 2 aromatic carbocycles. The van der Waals surface area contributed by atoms with Gasteiger partial charge in [0.05, 0.1) is 0 Å². The number of nitrogens with zero attached hydrogens (tertiary/aromatic N) is 1. The number of unbranched alkanes of at least 4 members (excludes halogenated alkanes) is 1. The van der Waals surface area contributed by atoms with Crippen molar-refractivity contribution in [2.75, 3.05) is 23.3 Å². The Balaban J connectivity index is 1.69. The van der Waals surface area contributed by atoms with E-state index in [0.29, 0.717) is 17.5 Å². The molecule has 5 nitrogen and oxygen atoms in total. The van der Waals surface area contributed by atoms with Gasteiger partial charge >= 0.3 is 0 Å². The van der Waals surface area contributed by atoms with Gasteiger partial charge in [-0.05, 0) is 68.1 Å². The summed E-state index contributed by atoms with van der Waals surface area (Å²) in [5, 5.41) is 5.77. The molecule has 1 heterocycles. The molecular formula is C24H30FN3O2. The van der Waals surface area contributed by atoms with E-state index in [4.69, 9.17) is 0 Å². The van der Waals surface area contributed by atoms with Gasteiger partial charge in [-0.1, -0.05) is 25.8 Å². The molecule has 2 N–H and O–H groups in total. The molecule has 160 valence electrons. The van der Waals surface area contributed by atoms with E-state index in [1.807, 2.05) is 31.2 Å². The van der Waals surface area contributed by atoms with E-state index < -0.39 is 6.04 Å². The number of halogens is 1. The summed E-state index contributed by atoms with van der Waals surface area (Å²) in [5.41, 5.74) is 2.56. The third kappa shape index (κ3) is 5.59. The van der Waals surface area contributed by atoms with Crippen molar-refractivity contribution in [3.05, 3.63) is 59.4 Å². The fraction of sp³-hybridized carbons (Fsp3) is 0.417. The largest absolute Gasteiger partial charge is 0.371 e. The lowest BCUT2D eigenvalue weighted by molar-refractivity contribution is -0.118. The van der Waals surface area contributed by atoms with E-state index in [2.05, 4.69) is 15.5 Å². The third-order valence-electron chi connectivity index (χ3n) is 5.47. The predicted molar refractivity (Wildman–Crippen MR) is 118 cm³/mol. The molecule has 1 saturated heterocycles. The van der Waals surface area contributed by atoms with Crippen LogP contribution in [0.5, 0.6) is 0 Å². The molecule has 3 rings (SSSR count). The minimum atomic E-state index is -0.654. The minimum absolute atomic E-state index is 0.241. The van der Waals surface area contributed by atoms with Crippen LogP contribution in [0.15, 0.2) is 42.5 Å². The number of amides is 2. The number of anilines is 2. The second-order valence-electron chi connectivity index (χ2n) is 7.87. The molecule has 0 aromatic heterocycles. The van der Waals surface area contributed by atoms with E-state index in [9.17, 15) is 14.0 Å². The minimum Gasteiger partial charge on any atom is -0.371 e. The molecule has 1 unspecified atom stereocenters. The highest BCUT2D eigenvalue weighted by Crippen LogP contribution is 2.23. The summed E-state index contributed by atoms with van der Waals surface area (Å²) in [5.74, 6) is -0.973. The maximum Gasteiger partial charge on any atom is 0.251 e. The third-order valence-corrected chi connectivity index (χ3v) is 5.47. The molecule has 0 aliphatic carbocycles. The van der Waals surface area contributed by atoms with Gasteiger partial charge in [0.15, 0.2) is 0 Å². The Morgan fingerprint density at radius 3 is 2.60 bits per heavy atom. The molecule has 1 atom stereocenters. The van der Waals surface area contributed by atoms with Crippen molar-refractivity contribution in [1.29, 1.82) is 0 Å². The van der Waals surface area contributed by atoms with E-state index >= 15 is 0 Å². The van der Waals surface area contributed by atoms with E-state index in [1.54, 1.807) is 6.92 Å². The van der Waals surface area contributed by atoms with Crippen molar-refractivity contribution in [2.45, 2.75) is 52.0 Å². The lowest BCUT2D eigenvalue weighted by Gasteiger charge is -2.21. The van der Waals surface area contributed by atoms with Crippen LogP contribution in [0.1, 0.15) is 54.9 Å². The molecule has 0 saturated carbocycles. The zero-order valence-corrected chi connectivity index (χ0v) is 17.7. The Kier molecular flexibility index (Phi) is 7.44. The summed E-state index contributed by atoms with van der Waals surface area (Å²) >= 11 is 0. The molecule has 1 fully saturated rings. The summed E-state index contributed by atoms with van der Waals surface area (Å²) < 4.78 is 13.5. The van der Waals surface area contributed by atoms with Gasteiger partial charge in [0.2, 0.25) is 5.91 Å². The van der Waals surface area contributed by atoms with Crippen LogP contribution in [0.3, 0.4) is 0 Å². The van der Waals surface area contributed by atoms with Crippen molar-refractivity contribution in [2.24, 2.45) is 0 Å². The summed E-state index contributed by atoms with van der Waals surface area (Å²) in [6.45, 7) is 5.72. The molecule has 2 aromatic rings.